The molecule has 0 radical (unpaired) electrons. The van der Waals surface area contributed by atoms with Gasteiger partial charge in [0.2, 0.25) is 0 Å². The van der Waals surface area contributed by atoms with E-state index in [4.69, 9.17) is 11.6 Å². The van der Waals surface area contributed by atoms with E-state index in [1.165, 1.54) is 6.08 Å². The van der Waals surface area contributed by atoms with Crippen LogP contribution in [0.5, 0.6) is 0 Å². The fraction of sp³-hybridized carbons (Fsp3) is 0.0667. The van der Waals surface area contributed by atoms with Gasteiger partial charge in [-0.05, 0) is 28.8 Å². The van der Waals surface area contributed by atoms with Gasteiger partial charge in [-0.25, -0.2) is 0 Å². The Kier molecular flexibility index (Phi) is 3.62. The molecular weight excluding hydrogens is 232 g/mol. The summed E-state index contributed by atoms with van der Waals surface area (Å²) < 4.78 is 0. The highest BCUT2D eigenvalue weighted by atomic mass is 35.5. The Morgan fingerprint density at radius 2 is 1.41 bits per heavy atom. The van der Waals surface area contributed by atoms with Crippen LogP contribution in [0.1, 0.15) is 11.7 Å². The summed E-state index contributed by atoms with van der Waals surface area (Å²) in [6.07, 6.45) is 0.909. The number of hydrogen-bond donors (Lipinski definition) is 1. The molecule has 0 amide bonds. The van der Waals surface area contributed by atoms with E-state index in [2.05, 4.69) is 6.58 Å². The van der Waals surface area contributed by atoms with Crippen LogP contribution >= 0.6 is 11.6 Å². The summed E-state index contributed by atoms with van der Waals surface area (Å²) in [5.74, 6) is 0. The molecule has 0 heterocycles. The lowest BCUT2D eigenvalue weighted by Gasteiger charge is -2.07. The van der Waals surface area contributed by atoms with Crippen LogP contribution in [0.25, 0.3) is 11.1 Å². The summed E-state index contributed by atoms with van der Waals surface area (Å²) >= 11 is 5.84. The van der Waals surface area contributed by atoms with Crippen LogP contribution in [-0.4, -0.2) is 5.11 Å². The molecule has 1 N–H and O–H groups in total. The van der Waals surface area contributed by atoms with Crippen molar-refractivity contribution in [1.29, 1.82) is 0 Å². The minimum absolute atomic E-state index is 0.603. The van der Waals surface area contributed by atoms with E-state index in [-0.39, 0.29) is 0 Å². The molecule has 0 aliphatic carbocycles. The number of halogens is 1. The molecule has 1 unspecified atom stereocenters. The highest BCUT2D eigenvalue weighted by Gasteiger charge is 2.03. The lowest BCUT2D eigenvalue weighted by Crippen LogP contribution is -1.91. The van der Waals surface area contributed by atoms with E-state index in [0.29, 0.717) is 0 Å². The summed E-state index contributed by atoms with van der Waals surface area (Å²) in [6.45, 7) is 3.56. The first-order valence-corrected chi connectivity index (χ1v) is 5.75. The Bertz CT molecular complexity index is 499. The van der Waals surface area contributed by atoms with E-state index >= 15 is 0 Å². The third-order valence-electron chi connectivity index (χ3n) is 2.65. The molecule has 1 atom stereocenters. The predicted molar refractivity (Wildman–Crippen MR) is 72.0 cm³/mol. The monoisotopic (exact) mass is 244 g/mol. The molecule has 2 heteroatoms. The largest absolute Gasteiger partial charge is 0.384 e. The molecule has 17 heavy (non-hydrogen) atoms. The van der Waals surface area contributed by atoms with Gasteiger partial charge in [0.1, 0.15) is 0 Å². The molecule has 0 aromatic heterocycles. The van der Waals surface area contributed by atoms with Crippen molar-refractivity contribution >= 4 is 11.6 Å². The molecule has 0 spiro atoms. The van der Waals surface area contributed by atoms with Gasteiger partial charge in [-0.1, -0.05) is 54.1 Å². The summed E-state index contributed by atoms with van der Waals surface area (Å²) in [7, 11) is 0. The Morgan fingerprint density at radius 3 is 1.88 bits per heavy atom. The third-order valence-corrected chi connectivity index (χ3v) is 2.90. The van der Waals surface area contributed by atoms with Crippen LogP contribution in [-0.2, 0) is 0 Å². The molecule has 1 nitrogen and oxygen atoms in total. The average Bonchev–Trinajstić information content (AvgIpc) is 2.39. The van der Waals surface area contributed by atoms with Gasteiger partial charge in [0, 0.05) is 5.02 Å². The van der Waals surface area contributed by atoms with Crippen LogP contribution in [0.4, 0.5) is 0 Å². The van der Waals surface area contributed by atoms with Crippen molar-refractivity contribution in [2.24, 2.45) is 0 Å². The smallest absolute Gasteiger partial charge is 0.0969 e. The Balaban J connectivity index is 2.29. The van der Waals surface area contributed by atoms with Gasteiger partial charge in [0.05, 0.1) is 6.10 Å². The molecule has 0 saturated carbocycles. The minimum atomic E-state index is -0.603. The van der Waals surface area contributed by atoms with E-state index < -0.39 is 6.10 Å². The maximum Gasteiger partial charge on any atom is 0.0969 e. The summed E-state index contributed by atoms with van der Waals surface area (Å²) in [5, 5.41) is 10.3. The maximum absolute atomic E-state index is 9.59. The van der Waals surface area contributed by atoms with Crippen molar-refractivity contribution in [1.82, 2.24) is 0 Å². The Labute approximate surface area is 106 Å². The second-order valence-corrected chi connectivity index (χ2v) is 4.25. The van der Waals surface area contributed by atoms with Gasteiger partial charge in [0.25, 0.3) is 0 Å². The van der Waals surface area contributed by atoms with Crippen molar-refractivity contribution < 1.29 is 5.11 Å². The molecule has 0 fully saturated rings. The van der Waals surface area contributed by atoms with Crippen molar-refractivity contribution in [2.75, 3.05) is 0 Å². The molecule has 2 rings (SSSR count). The Hall–Kier alpha value is -1.57. The van der Waals surface area contributed by atoms with Crippen LogP contribution in [0, 0.1) is 0 Å². The minimum Gasteiger partial charge on any atom is -0.384 e. The number of aliphatic hydroxyl groups is 1. The first-order valence-electron chi connectivity index (χ1n) is 5.37. The predicted octanol–water partition coefficient (Wildman–Crippen LogP) is 4.23. The topological polar surface area (TPSA) is 20.2 Å². The molecule has 0 bridgehead atoms. The van der Waals surface area contributed by atoms with E-state index in [1.54, 1.807) is 0 Å². The number of aliphatic hydroxyl groups excluding tert-OH is 1. The number of benzene rings is 2. The van der Waals surface area contributed by atoms with Crippen molar-refractivity contribution in [2.45, 2.75) is 6.10 Å². The van der Waals surface area contributed by atoms with Gasteiger partial charge in [-0.2, -0.15) is 0 Å². The molecule has 0 aliphatic heterocycles. The van der Waals surface area contributed by atoms with Gasteiger partial charge in [0.15, 0.2) is 0 Å². The van der Waals surface area contributed by atoms with Gasteiger partial charge >= 0.3 is 0 Å². The van der Waals surface area contributed by atoms with Gasteiger partial charge in [-0.15, -0.1) is 6.58 Å². The number of hydrogen-bond acceptors (Lipinski definition) is 1. The van der Waals surface area contributed by atoms with Crippen LogP contribution in [0.3, 0.4) is 0 Å². The molecule has 0 saturated heterocycles. The lowest BCUT2D eigenvalue weighted by atomic mass is 10.0. The van der Waals surface area contributed by atoms with Crippen LogP contribution in [0.2, 0.25) is 5.02 Å². The molecule has 2 aromatic carbocycles. The van der Waals surface area contributed by atoms with Crippen molar-refractivity contribution in [3.05, 3.63) is 71.8 Å². The van der Waals surface area contributed by atoms with E-state index in [9.17, 15) is 5.11 Å². The third kappa shape index (κ3) is 2.76. The highest BCUT2D eigenvalue weighted by molar-refractivity contribution is 6.30. The zero-order valence-electron chi connectivity index (χ0n) is 9.31. The highest BCUT2D eigenvalue weighted by Crippen LogP contribution is 2.23. The second-order valence-electron chi connectivity index (χ2n) is 3.81. The fourth-order valence-electron chi connectivity index (χ4n) is 1.65. The molecule has 86 valence electrons. The normalized spacial score (nSPS) is 12.1. The van der Waals surface area contributed by atoms with Crippen molar-refractivity contribution in [3.8, 4) is 11.1 Å². The zero-order valence-corrected chi connectivity index (χ0v) is 10.1. The first-order chi connectivity index (χ1) is 8.20. The SMILES string of the molecule is C=CC(O)c1ccc(-c2ccc(Cl)cc2)cc1. The number of rotatable bonds is 3. The van der Waals surface area contributed by atoms with Gasteiger partial charge < -0.3 is 5.11 Å². The molecule has 0 aliphatic rings. The van der Waals surface area contributed by atoms with Crippen LogP contribution < -0.4 is 0 Å². The van der Waals surface area contributed by atoms with Crippen LogP contribution in [0.15, 0.2) is 61.2 Å². The molecular formula is C15H13ClO. The fourth-order valence-corrected chi connectivity index (χ4v) is 1.78. The summed E-state index contributed by atoms with van der Waals surface area (Å²) in [5.41, 5.74) is 3.05. The maximum atomic E-state index is 9.59. The van der Waals surface area contributed by atoms with E-state index in [1.807, 2.05) is 48.5 Å². The Morgan fingerprint density at radius 1 is 0.941 bits per heavy atom. The van der Waals surface area contributed by atoms with Gasteiger partial charge in [-0.3, -0.25) is 0 Å². The standard InChI is InChI=1S/C15H13ClO/c1-2-15(17)13-5-3-11(4-6-13)12-7-9-14(16)10-8-12/h2-10,15,17H,1H2. The zero-order chi connectivity index (χ0) is 12.3. The first kappa shape index (κ1) is 11.9. The summed E-state index contributed by atoms with van der Waals surface area (Å²) in [4.78, 5) is 0. The van der Waals surface area contributed by atoms with Crippen molar-refractivity contribution in [3.63, 3.8) is 0 Å². The molecule has 2 aromatic rings. The lowest BCUT2D eigenvalue weighted by molar-refractivity contribution is 0.229. The van der Waals surface area contributed by atoms with E-state index in [0.717, 1.165) is 21.7 Å². The average molecular weight is 245 g/mol. The quantitative estimate of drug-likeness (QED) is 0.802. The summed E-state index contributed by atoms with van der Waals surface area (Å²) in [6, 6.07) is 15.4. The second kappa shape index (κ2) is 5.17.